The summed E-state index contributed by atoms with van der Waals surface area (Å²) in [7, 11) is 0. The highest BCUT2D eigenvalue weighted by Crippen LogP contribution is 2.33. The number of piperazine rings is 1. The van der Waals surface area contributed by atoms with E-state index in [1.165, 1.54) is 0 Å². The van der Waals surface area contributed by atoms with Gasteiger partial charge >= 0.3 is 0 Å². The van der Waals surface area contributed by atoms with Gasteiger partial charge in [0, 0.05) is 64.6 Å². The summed E-state index contributed by atoms with van der Waals surface area (Å²) in [6.07, 6.45) is -0.428. The molecule has 3 aromatic rings. The van der Waals surface area contributed by atoms with Crippen LogP contribution in [-0.4, -0.2) is 53.4 Å². The van der Waals surface area contributed by atoms with Crippen LogP contribution in [0.5, 0.6) is 0 Å². The van der Waals surface area contributed by atoms with Gasteiger partial charge in [0.15, 0.2) is 0 Å². The van der Waals surface area contributed by atoms with Gasteiger partial charge in [0.2, 0.25) is 0 Å². The van der Waals surface area contributed by atoms with Crippen LogP contribution in [-0.2, 0) is 6.54 Å². The Morgan fingerprint density at radius 1 is 0.889 bits per heavy atom. The van der Waals surface area contributed by atoms with Crippen molar-refractivity contribution in [3.05, 3.63) is 46.4 Å². The van der Waals surface area contributed by atoms with Gasteiger partial charge in [-0.05, 0) is 36.4 Å². The molecule has 148 valence electrons. The minimum atomic E-state index is -0.428. The Morgan fingerprint density at radius 2 is 1.41 bits per heavy atom. The molecule has 0 bridgehead atoms. The molecular weight excluding hydrogens is 428 g/mol. The molecule has 0 radical (unpaired) electrons. The van der Waals surface area contributed by atoms with Crippen LogP contribution in [0.15, 0.2) is 36.4 Å². The Labute approximate surface area is 181 Å². The van der Waals surface area contributed by atoms with E-state index in [9.17, 15) is 5.11 Å². The Bertz CT molecular complexity index is 849. The fourth-order valence-corrected chi connectivity index (χ4v) is 4.05. The number of β-amino-alcohol motifs (C(OH)–C–C–N with tert-alkyl or cyclic N) is 1. The number of aromatic nitrogens is 1. The van der Waals surface area contributed by atoms with Gasteiger partial charge in [-0.15, -0.1) is 24.8 Å². The highest BCUT2D eigenvalue weighted by atomic mass is 35.5. The van der Waals surface area contributed by atoms with Gasteiger partial charge in [-0.2, -0.15) is 0 Å². The molecule has 0 saturated carbocycles. The van der Waals surface area contributed by atoms with E-state index in [1.54, 1.807) is 0 Å². The first-order valence-corrected chi connectivity index (χ1v) is 9.35. The van der Waals surface area contributed by atoms with E-state index in [4.69, 9.17) is 23.2 Å². The molecule has 1 aliphatic heterocycles. The smallest absolute Gasteiger partial charge is 0.0845 e. The SMILES string of the molecule is Cl.Cl.OC(CN1CCNCC1)Cn1c2ccc(Cl)cc2c2cc(Cl)ccc21. The average Bonchev–Trinajstić information content (AvgIpc) is 2.88. The zero-order chi connectivity index (χ0) is 17.4. The Balaban J connectivity index is 0.00000131. The Morgan fingerprint density at radius 3 is 1.93 bits per heavy atom. The highest BCUT2D eigenvalue weighted by molar-refractivity contribution is 6.33. The maximum atomic E-state index is 10.7. The summed E-state index contributed by atoms with van der Waals surface area (Å²) in [6.45, 7) is 5.17. The van der Waals surface area contributed by atoms with Gasteiger partial charge in [-0.1, -0.05) is 23.2 Å². The molecule has 2 N–H and O–H groups in total. The van der Waals surface area contributed by atoms with Crippen LogP contribution in [0, 0.1) is 0 Å². The largest absolute Gasteiger partial charge is 0.390 e. The monoisotopic (exact) mass is 449 g/mol. The van der Waals surface area contributed by atoms with Crippen LogP contribution in [0.25, 0.3) is 21.8 Å². The van der Waals surface area contributed by atoms with Crippen LogP contribution < -0.4 is 5.32 Å². The number of aliphatic hydroxyl groups excluding tert-OH is 1. The second kappa shape index (κ2) is 9.66. The summed E-state index contributed by atoms with van der Waals surface area (Å²) in [5.41, 5.74) is 2.14. The molecule has 2 aromatic carbocycles. The Hall–Kier alpha value is -0.720. The third-order valence-corrected chi connectivity index (χ3v) is 5.33. The first-order chi connectivity index (χ1) is 12.1. The van der Waals surface area contributed by atoms with E-state index in [2.05, 4.69) is 14.8 Å². The van der Waals surface area contributed by atoms with Crippen LogP contribution in [0.2, 0.25) is 10.0 Å². The zero-order valence-electron chi connectivity index (χ0n) is 14.7. The number of benzene rings is 2. The van der Waals surface area contributed by atoms with E-state index in [0.29, 0.717) is 23.1 Å². The van der Waals surface area contributed by atoms with Gasteiger partial charge in [0.25, 0.3) is 0 Å². The molecule has 2 heterocycles. The molecule has 0 spiro atoms. The van der Waals surface area contributed by atoms with Crippen molar-refractivity contribution >= 4 is 69.8 Å². The van der Waals surface area contributed by atoms with Crippen molar-refractivity contribution in [1.29, 1.82) is 0 Å². The number of nitrogens with zero attached hydrogens (tertiary/aromatic N) is 2. The molecule has 1 aromatic heterocycles. The van der Waals surface area contributed by atoms with Gasteiger partial charge in [-0.3, -0.25) is 4.90 Å². The first kappa shape index (κ1) is 22.6. The third kappa shape index (κ3) is 4.83. The summed E-state index contributed by atoms with van der Waals surface area (Å²) in [5, 5.41) is 17.5. The lowest BCUT2D eigenvalue weighted by Gasteiger charge is -2.29. The lowest BCUT2D eigenvalue weighted by Crippen LogP contribution is -2.46. The molecule has 1 atom stereocenters. The first-order valence-electron chi connectivity index (χ1n) is 8.60. The molecule has 0 aliphatic carbocycles. The summed E-state index contributed by atoms with van der Waals surface area (Å²) in [6, 6.07) is 11.8. The van der Waals surface area contributed by atoms with Gasteiger partial charge in [-0.25, -0.2) is 0 Å². The van der Waals surface area contributed by atoms with Crippen molar-refractivity contribution < 1.29 is 5.11 Å². The number of fused-ring (bicyclic) bond motifs is 3. The van der Waals surface area contributed by atoms with E-state index in [0.717, 1.165) is 48.0 Å². The minimum absolute atomic E-state index is 0. The van der Waals surface area contributed by atoms with Crippen molar-refractivity contribution in [2.24, 2.45) is 0 Å². The Kier molecular flexibility index (Phi) is 8.07. The van der Waals surface area contributed by atoms with E-state index in [-0.39, 0.29) is 24.8 Å². The minimum Gasteiger partial charge on any atom is -0.390 e. The van der Waals surface area contributed by atoms with E-state index >= 15 is 0 Å². The zero-order valence-corrected chi connectivity index (χ0v) is 17.8. The van der Waals surface area contributed by atoms with Gasteiger partial charge in [0.1, 0.15) is 0 Å². The van der Waals surface area contributed by atoms with Crippen LogP contribution in [0.1, 0.15) is 0 Å². The number of nitrogens with one attached hydrogen (secondary N) is 1. The van der Waals surface area contributed by atoms with E-state index in [1.807, 2.05) is 36.4 Å². The lowest BCUT2D eigenvalue weighted by atomic mass is 10.1. The second-order valence-corrected chi connectivity index (χ2v) is 7.51. The van der Waals surface area contributed by atoms with Crippen LogP contribution in [0.4, 0.5) is 0 Å². The molecule has 0 amide bonds. The molecule has 1 fully saturated rings. The topological polar surface area (TPSA) is 40.4 Å². The highest BCUT2D eigenvalue weighted by Gasteiger charge is 2.18. The van der Waals surface area contributed by atoms with Crippen molar-refractivity contribution in [1.82, 2.24) is 14.8 Å². The molecule has 27 heavy (non-hydrogen) atoms. The molecule has 1 unspecified atom stereocenters. The normalized spacial score (nSPS) is 16.1. The third-order valence-electron chi connectivity index (χ3n) is 4.86. The quantitative estimate of drug-likeness (QED) is 0.625. The predicted octanol–water partition coefficient (Wildman–Crippen LogP) is 4.21. The number of hydrogen-bond donors (Lipinski definition) is 2. The second-order valence-electron chi connectivity index (χ2n) is 6.64. The van der Waals surface area contributed by atoms with Crippen molar-refractivity contribution in [3.8, 4) is 0 Å². The standard InChI is InChI=1S/C19H21Cl2N3O.2ClH/c20-13-1-3-18-16(9-13)17-10-14(21)2-4-19(17)24(18)12-15(25)11-23-7-5-22-6-8-23;;/h1-4,9-10,15,22,25H,5-8,11-12H2;2*1H. The molecular formula is C19H23Cl4N3O. The van der Waals surface area contributed by atoms with Crippen LogP contribution in [0.3, 0.4) is 0 Å². The maximum Gasteiger partial charge on any atom is 0.0845 e. The fraction of sp³-hybridized carbons (Fsp3) is 0.368. The van der Waals surface area contributed by atoms with E-state index < -0.39 is 6.10 Å². The number of hydrogen-bond acceptors (Lipinski definition) is 3. The van der Waals surface area contributed by atoms with Gasteiger partial charge < -0.3 is 15.0 Å². The summed E-state index contributed by atoms with van der Waals surface area (Å²) in [5.74, 6) is 0. The van der Waals surface area contributed by atoms with Crippen molar-refractivity contribution in [2.75, 3.05) is 32.7 Å². The van der Waals surface area contributed by atoms with Crippen LogP contribution >= 0.6 is 48.0 Å². The van der Waals surface area contributed by atoms with Crippen molar-refractivity contribution in [3.63, 3.8) is 0 Å². The summed E-state index contributed by atoms with van der Waals surface area (Å²) < 4.78 is 2.17. The lowest BCUT2D eigenvalue weighted by molar-refractivity contribution is 0.0936. The number of halogens is 4. The number of aliphatic hydroxyl groups is 1. The van der Waals surface area contributed by atoms with Gasteiger partial charge in [0.05, 0.1) is 12.6 Å². The fourth-order valence-electron chi connectivity index (χ4n) is 3.71. The maximum absolute atomic E-state index is 10.7. The average molecular weight is 451 g/mol. The van der Waals surface area contributed by atoms with Crippen molar-refractivity contribution in [2.45, 2.75) is 12.6 Å². The molecule has 8 heteroatoms. The summed E-state index contributed by atoms with van der Waals surface area (Å²) in [4.78, 5) is 2.31. The molecule has 1 saturated heterocycles. The molecule has 4 nitrogen and oxygen atoms in total. The summed E-state index contributed by atoms with van der Waals surface area (Å²) >= 11 is 12.4. The predicted molar refractivity (Wildman–Crippen MR) is 119 cm³/mol. The molecule has 1 aliphatic rings. The molecule has 4 rings (SSSR count). The number of rotatable bonds is 4.